The van der Waals surface area contributed by atoms with Crippen LogP contribution in [0, 0.1) is 11.3 Å². The van der Waals surface area contributed by atoms with Crippen LogP contribution in [-0.4, -0.2) is 41.5 Å². The number of nitrogens with one attached hydrogen (secondary N) is 3. The molecule has 1 aliphatic rings. The first kappa shape index (κ1) is 36.1. The lowest BCUT2D eigenvalue weighted by Crippen LogP contribution is -2.30. The zero-order valence-electron chi connectivity index (χ0n) is 28.7. The second-order valence-electron chi connectivity index (χ2n) is 12.1. The van der Waals surface area contributed by atoms with Gasteiger partial charge < -0.3 is 20.7 Å². The van der Waals surface area contributed by atoms with E-state index in [0.717, 1.165) is 41.4 Å². The molecule has 4 aromatic carbocycles. The lowest BCUT2D eigenvalue weighted by molar-refractivity contribution is -0.115. The average Bonchev–Trinajstić information content (AvgIpc) is 3.51. The van der Waals surface area contributed by atoms with Crippen LogP contribution in [0.2, 0.25) is 0 Å². The highest BCUT2D eigenvalue weighted by molar-refractivity contribution is 8.00. The van der Waals surface area contributed by atoms with Gasteiger partial charge in [0.15, 0.2) is 0 Å². The quantitative estimate of drug-likeness (QED) is 0.0889. The number of amides is 3. The number of nitrogens with zero attached hydrogens (tertiary/aromatic N) is 2. The van der Waals surface area contributed by atoms with E-state index in [2.05, 4.69) is 39.1 Å². The molecular formula is C41H37N5O4S2. The van der Waals surface area contributed by atoms with Gasteiger partial charge >= 0.3 is 0 Å². The van der Waals surface area contributed by atoms with Crippen LogP contribution in [0.3, 0.4) is 0 Å². The zero-order valence-corrected chi connectivity index (χ0v) is 30.4. The molecule has 1 unspecified atom stereocenters. The summed E-state index contributed by atoms with van der Waals surface area (Å²) in [5, 5.41) is 18.8. The predicted octanol–water partition coefficient (Wildman–Crippen LogP) is 7.72. The van der Waals surface area contributed by atoms with Gasteiger partial charge in [-0.25, -0.2) is 0 Å². The molecule has 0 fully saturated rings. The largest absolute Gasteiger partial charge is 0.496 e. The van der Waals surface area contributed by atoms with Gasteiger partial charge in [0.25, 0.3) is 11.8 Å². The van der Waals surface area contributed by atoms with Crippen LogP contribution in [0.4, 0.5) is 10.7 Å². The van der Waals surface area contributed by atoms with Crippen LogP contribution < -0.4 is 20.7 Å². The monoisotopic (exact) mass is 727 g/mol. The number of hydrogen-bond acceptors (Lipinski definition) is 8. The van der Waals surface area contributed by atoms with E-state index >= 15 is 0 Å². The summed E-state index contributed by atoms with van der Waals surface area (Å²) in [5.74, 6) is -0.642. The Balaban J connectivity index is 1.12. The first-order valence-corrected chi connectivity index (χ1v) is 18.4. The number of thioether (sulfide) groups is 1. The van der Waals surface area contributed by atoms with Crippen molar-refractivity contribution in [3.05, 3.63) is 148 Å². The molecule has 0 saturated heterocycles. The third-order valence-electron chi connectivity index (χ3n) is 8.48. The molecular weight excluding hydrogens is 691 g/mol. The fourth-order valence-electron chi connectivity index (χ4n) is 5.84. The number of methoxy groups -OCH3 is 1. The Morgan fingerprint density at radius 1 is 0.962 bits per heavy atom. The fourth-order valence-corrected chi connectivity index (χ4v) is 8.01. The minimum Gasteiger partial charge on any atom is -0.496 e. The van der Waals surface area contributed by atoms with Gasteiger partial charge in [-0.3, -0.25) is 19.3 Å². The molecule has 1 aromatic heterocycles. The second kappa shape index (κ2) is 17.0. The molecule has 3 N–H and O–H groups in total. The summed E-state index contributed by atoms with van der Waals surface area (Å²) in [6.45, 7) is 4.21. The van der Waals surface area contributed by atoms with E-state index in [1.165, 1.54) is 35.8 Å². The molecule has 1 aliphatic heterocycles. The molecule has 0 bridgehead atoms. The van der Waals surface area contributed by atoms with Crippen molar-refractivity contribution in [3.8, 4) is 11.8 Å². The standard InChI is InChI=1S/C41H37N5O4S2/c1-27(38(47)45-41-34(24-42)33-20-21-46(26-37(33)52-41)25-28-12-5-3-6-13-28)51-32-18-11-17-31(23-32)43-40(49)35(22-30-16-9-10-19-36(30)50-2)44-39(48)29-14-7-4-8-15-29/h3-19,22-23,27H,20-21,25-26H2,1-2H3,(H,43,49)(H,44,48)(H,45,47)/b35-22+. The van der Waals surface area contributed by atoms with E-state index in [-0.39, 0.29) is 11.6 Å². The minimum absolute atomic E-state index is 0.0271. The number of nitriles is 1. The maximum atomic E-state index is 13.6. The van der Waals surface area contributed by atoms with Gasteiger partial charge in [0, 0.05) is 46.2 Å². The third-order valence-corrected chi connectivity index (χ3v) is 10.7. The molecule has 1 atom stereocenters. The summed E-state index contributed by atoms with van der Waals surface area (Å²) in [7, 11) is 1.54. The summed E-state index contributed by atoms with van der Waals surface area (Å²) in [5.41, 5.74) is 4.34. The molecule has 0 radical (unpaired) electrons. The highest BCUT2D eigenvalue weighted by atomic mass is 32.2. The van der Waals surface area contributed by atoms with Crippen molar-refractivity contribution in [2.45, 2.75) is 36.6 Å². The first-order chi connectivity index (χ1) is 25.3. The van der Waals surface area contributed by atoms with Crippen molar-refractivity contribution in [2.24, 2.45) is 0 Å². The van der Waals surface area contributed by atoms with Crippen molar-refractivity contribution in [3.63, 3.8) is 0 Å². The summed E-state index contributed by atoms with van der Waals surface area (Å²) < 4.78 is 5.46. The maximum Gasteiger partial charge on any atom is 0.272 e. The number of ether oxygens (including phenoxy) is 1. The number of carbonyl (C=O) groups is 3. The van der Waals surface area contributed by atoms with Crippen molar-refractivity contribution in [2.75, 3.05) is 24.3 Å². The van der Waals surface area contributed by atoms with Gasteiger partial charge in [-0.2, -0.15) is 5.26 Å². The maximum absolute atomic E-state index is 13.6. The molecule has 5 aromatic rings. The molecule has 52 heavy (non-hydrogen) atoms. The van der Waals surface area contributed by atoms with Crippen LogP contribution in [0.25, 0.3) is 6.08 Å². The zero-order chi connectivity index (χ0) is 36.5. The van der Waals surface area contributed by atoms with E-state index in [4.69, 9.17) is 4.74 Å². The number of benzene rings is 4. The molecule has 0 aliphatic carbocycles. The second-order valence-corrected chi connectivity index (χ2v) is 14.6. The van der Waals surface area contributed by atoms with Gasteiger partial charge in [0.05, 0.1) is 17.9 Å². The molecule has 6 rings (SSSR count). The molecule has 0 saturated carbocycles. The van der Waals surface area contributed by atoms with Gasteiger partial charge in [-0.15, -0.1) is 23.1 Å². The number of rotatable bonds is 12. The fraction of sp³-hybridized carbons (Fsp3) is 0.171. The summed E-state index contributed by atoms with van der Waals surface area (Å²) in [6, 6.07) is 35.6. The van der Waals surface area contributed by atoms with E-state index in [0.29, 0.717) is 33.1 Å². The van der Waals surface area contributed by atoms with Crippen LogP contribution in [0.5, 0.6) is 5.75 Å². The van der Waals surface area contributed by atoms with E-state index in [1.54, 1.807) is 67.6 Å². The van der Waals surface area contributed by atoms with Gasteiger partial charge in [-0.1, -0.05) is 72.8 Å². The number of thiophene rings is 1. The van der Waals surface area contributed by atoms with Crippen molar-refractivity contribution < 1.29 is 19.1 Å². The lowest BCUT2D eigenvalue weighted by Gasteiger charge is -2.26. The number of para-hydroxylation sites is 1. The van der Waals surface area contributed by atoms with Gasteiger partial charge in [0.1, 0.15) is 22.5 Å². The highest BCUT2D eigenvalue weighted by Crippen LogP contribution is 2.38. The molecule has 0 spiro atoms. The summed E-state index contributed by atoms with van der Waals surface area (Å²) >= 11 is 2.81. The SMILES string of the molecule is COc1ccccc1/C=C(/NC(=O)c1ccccc1)C(=O)Nc1cccc(SC(C)C(=O)Nc2sc3c(c2C#N)CCN(Cc2ccccc2)C3)c1. The summed E-state index contributed by atoms with van der Waals surface area (Å²) in [4.78, 5) is 44.4. The van der Waals surface area contributed by atoms with E-state index in [1.807, 2.05) is 42.5 Å². The number of hydrogen-bond donors (Lipinski definition) is 3. The Morgan fingerprint density at radius 3 is 2.44 bits per heavy atom. The topological polar surface area (TPSA) is 124 Å². The molecule has 11 heteroatoms. The Hall–Kier alpha value is -5.67. The number of anilines is 2. The smallest absolute Gasteiger partial charge is 0.272 e. The predicted molar refractivity (Wildman–Crippen MR) is 207 cm³/mol. The highest BCUT2D eigenvalue weighted by Gasteiger charge is 2.27. The van der Waals surface area contributed by atoms with Crippen LogP contribution in [-0.2, 0) is 29.1 Å². The van der Waals surface area contributed by atoms with E-state index in [9.17, 15) is 19.6 Å². The van der Waals surface area contributed by atoms with Gasteiger partial charge in [-0.05, 0) is 66.9 Å². The van der Waals surface area contributed by atoms with E-state index < -0.39 is 17.1 Å². The van der Waals surface area contributed by atoms with Crippen LogP contribution >= 0.6 is 23.1 Å². The molecule has 3 amide bonds. The third kappa shape index (κ3) is 8.97. The number of fused-ring (bicyclic) bond motifs is 1. The average molecular weight is 728 g/mol. The van der Waals surface area contributed by atoms with Crippen molar-refractivity contribution in [1.82, 2.24) is 10.2 Å². The normalized spacial score (nSPS) is 13.3. The lowest BCUT2D eigenvalue weighted by atomic mass is 10.0. The Labute approximate surface area is 311 Å². The minimum atomic E-state index is -0.531. The summed E-state index contributed by atoms with van der Waals surface area (Å²) in [6.07, 6.45) is 2.32. The Morgan fingerprint density at radius 2 is 1.69 bits per heavy atom. The Bertz CT molecular complexity index is 2140. The Kier molecular flexibility index (Phi) is 11.8. The van der Waals surface area contributed by atoms with Crippen molar-refractivity contribution >= 4 is 57.6 Å². The number of carbonyl (C=O) groups excluding carboxylic acids is 3. The van der Waals surface area contributed by atoms with Crippen LogP contribution in [0.15, 0.2) is 120 Å². The van der Waals surface area contributed by atoms with Gasteiger partial charge in [0.2, 0.25) is 5.91 Å². The molecule has 2 heterocycles. The van der Waals surface area contributed by atoms with Crippen LogP contribution in [0.1, 0.15) is 44.4 Å². The van der Waals surface area contributed by atoms with Crippen molar-refractivity contribution in [1.29, 1.82) is 5.26 Å². The molecule has 9 nitrogen and oxygen atoms in total. The first-order valence-electron chi connectivity index (χ1n) is 16.7. The molecule has 262 valence electrons.